The van der Waals surface area contributed by atoms with Gasteiger partial charge in [0.05, 0.1) is 12.5 Å². The second kappa shape index (κ2) is 2.35. The van der Waals surface area contributed by atoms with E-state index in [1.165, 1.54) is 0 Å². The fourth-order valence-corrected chi connectivity index (χ4v) is 1.02. The molecular weight excluding hydrogens is 118 g/mol. The molecule has 0 aliphatic carbocycles. The minimum absolute atomic E-state index is 0.0818. The van der Waals surface area contributed by atoms with Crippen LogP contribution in [0.15, 0.2) is 0 Å². The van der Waals surface area contributed by atoms with Crippen LogP contribution in [0.2, 0.25) is 0 Å². The normalized spacial score (nSPS) is 26.2. The summed E-state index contributed by atoms with van der Waals surface area (Å²) in [6.45, 7) is 3.30. The van der Waals surface area contributed by atoms with Crippen molar-refractivity contribution in [3.8, 4) is 0 Å². The van der Waals surface area contributed by atoms with Gasteiger partial charge in [-0.15, -0.1) is 0 Å². The van der Waals surface area contributed by atoms with Crippen LogP contribution in [0.4, 0.5) is 0 Å². The number of carbonyl (C=O) groups excluding carboxylic acids is 1. The third-order valence-electron chi connectivity index (χ3n) is 1.60. The molecule has 1 unspecified atom stereocenters. The van der Waals surface area contributed by atoms with Crippen LogP contribution in [-0.4, -0.2) is 35.6 Å². The summed E-state index contributed by atoms with van der Waals surface area (Å²) in [4.78, 5) is 12.4. The van der Waals surface area contributed by atoms with Crippen molar-refractivity contribution in [3.63, 3.8) is 0 Å². The lowest BCUT2D eigenvalue weighted by atomic mass is 10.0. The van der Waals surface area contributed by atoms with Gasteiger partial charge in [-0.3, -0.25) is 4.79 Å². The van der Waals surface area contributed by atoms with E-state index in [0.29, 0.717) is 6.54 Å². The van der Waals surface area contributed by atoms with Gasteiger partial charge < -0.3 is 10.0 Å². The number of hydrogen-bond donors (Lipinski definition) is 1. The smallest absolute Gasteiger partial charge is 0.227 e. The molecule has 1 saturated heterocycles. The second-order valence-electron chi connectivity index (χ2n) is 2.41. The van der Waals surface area contributed by atoms with E-state index in [1.54, 1.807) is 4.90 Å². The first-order valence-electron chi connectivity index (χ1n) is 3.15. The van der Waals surface area contributed by atoms with Crippen molar-refractivity contribution < 1.29 is 9.90 Å². The number of β-lactam (4-membered cyclic amide) rings is 1. The van der Waals surface area contributed by atoms with E-state index in [1.807, 2.05) is 6.92 Å². The maximum absolute atomic E-state index is 10.8. The quantitative estimate of drug-likeness (QED) is 0.508. The Morgan fingerprint density at radius 1 is 1.89 bits per heavy atom. The number of aliphatic hydroxyl groups excluding tert-OH is 1. The molecule has 1 aliphatic rings. The van der Waals surface area contributed by atoms with Crippen LogP contribution in [0.1, 0.15) is 6.92 Å². The second-order valence-corrected chi connectivity index (χ2v) is 2.41. The third-order valence-corrected chi connectivity index (χ3v) is 1.60. The molecule has 1 heterocycles. The number of aliphatic hydroxyl groups is 1. The highest BCUT2D eigenvalue weighted by molar-refractivity contribution is 5.84. The van der Waals surface area contributed by atoms with Crippen molar-refractivity contribution in [2.24, 2.45) is 5.92 Å². The lowest BCUT2D eigenvalue weighted by Gasteiger charge is -2.35. The van der Waals surface area contributed by atoms with Gasteiger partial charge in [-0.1, -0.05) is 6.92 Å². The molecule has 3 heteroatoms. The summed E-state index contributed by atoms with van der Waals surface area (Å²) in [5, 5.41) is 8.41. The van der Waals surface area contributed by atoms with Gasteiger partial charge in [0, 0.05) is 13.1 Å². The van der Waals surface area contributed by atoms with Gasteiger partial charge in [-0.05, 0) is 0 Å². The first kappa shape index (κ1) is 6.55. The summed E-state index contributed by atoms with van der Waals surface area (Å²) in [5.74, 6) is 0.362. The van der Waals surface area contributed by atoms with Gasteiger partial charge in [-0.25, -0.2) is 0 Å². The van der Waals surface area contributed by atoms with Gasteiger partial charge in [0.2, 0.25) is 5.91 Å². The monoisotopic (exact) mass is 129 g/mol. The van der Waals surface area contributed by atoms with E-state index in [9.17, 15) is 4.79 Å². The topological polar surface area (TPSA) is 40.5 Å². The van der Waals surface area contributed by atoms with E-state index in [4.69, 9.17) is 5.11 Å². The zero-order valence-corrected chi connectivity index (χ0v) is 5.50. The average molecular weight is 129 g/mol. The molecule has 0 aromatic heterocycles. The number of β-amino-alcohol motifs (C(OH)–C–C–N with tert-alkyl or cyclic N) is 1. The van der Waals surface area contributed by atoms with Crippen molar-refractivity contribution in [1.82, 2.24) is 4.90 Å². The fraction of sp³-hybridized carbons (Fsp3) is 0.833. The zero-order valence-electron chi connectivity index (χ0n) is 5.50. The highest BCUT2D eigenvalue weighted by Crippen LogP contribution is 2.14. The van der Waals surface area contributed by atoms with Crippen molar-refractivity contribution in [3.05, 3.63) is 0 Å². The van der Waals surface area contributed by atoms with Gasteiger partial charge in [0.1, 0.15) is 0 Å². The summed E-state index contributed by atoms with van der Waals surface area (Å²) in [6, 6.07) is 0. The van der Waals surface area contributed by atoms with Gasteiger partial charge >= 0.3 is 0 Å². The molecule has 1 amide bonds. The molecule has 0 bridgehead atoms. The molecule has 1 atom stereocenters. The third kappa shape index (κ3) is 1.05. The Morgan fingerprint density at radius 2 is 2.56 bits per heavy atom. The maximum atomic E-state index is 10.8. The zero-order chi connectivity index (χ0) is 6.85. The molecule has 0 spiro atoms. The molecule has 52 valence electrons. The Kier molecular flexibility index (Phi) is 1.71. The molecule has 1 aliphatic heterocycles. The van der Waals surface area contributed by atoms with Gasteiger partial charge in [-0.2, -0.15) is 0 Å². The molecule has 1 fully saturated rings. The van der Waals surface area contributed by atoms with Gasteiger partial charge in [0.15, 0.2) is 0 Å². The van der Waals surface area contributed by atoms with E-state index >= 15 is 0 Å². The minimum atomic E-state index is 0.0818. The Bertz CT molecular complexity index is 122. The van der Waals surface area contributed by atoms with E-state index in [-0.39, 0.29) is 18.4 Å². The van der Waals surface area contributed by atoms with E-state index < -0.39 is 0 Å². The van der Waals surface area contributed by atoms with Crippen LogP contribution < -0.4 is 0 Å². The summed E-state index contributed by atoms with van der Waals surface area (Å²) in [7, 11) is 0. The van der Waals surface area contributed by atoms with E-state index in [0.717, 1.165) is 6.54 Å². The van der Waals surface area contributed by atoms with Crippen LogP contribution in [0.5, 0.6) is 0 Å². The highest BCUT2D eigenvalue weighted by Gasteiger charge is 2.31. The molecule has 1 rings (SSSR count). The Labute approximate surface area is 54.3 Å². The van der Waals surface area contributed by atoms with Crippen LogP contribution in [0.3, 0.4) is 0 Å². The predicted octanol–water partition coefficient (Wildman–Crippen LogP) is -0.543. The van der Waals surface area contributed by atoms with E-state index in [2.05, 4.69) is 0 Å². The fourth-order valence-electron chi connectivity index (χ4n) is 1.02. The minimum Gasteiger partial charge on any atom is -0.395 e. The number of amides is 1. The first-order chi connectivity index (χ1) is 4.25. The summed E-state index contributed by atoms with van der Waals surface area (Å²) >= 11 is 0. The molecule has 1 N–H and O–H groups in total. The molecule has 9 heavy (non-hydrogen) atoms. The lowest BCUT2D eigenvalue weighted by molar-refractivity contribution is -0.147. The SMILES string of the molecule is CC1CN(CCO)C1=O. The van der Waals surface area contributed by atoms with Gasteiger partial charge in [0.25, 0.3) is 0 Å². The Balaban J connectivity index is 2.25. The standard InChI is InChI=1S/C6H11NO2/c1-5-4-7(2-3-8)6(5)9/h5,8H,2-4H2,1H3. The molecule has 0 radical (unpaired) electrons. The van der Waals surface area contributed by atoms with Crippen molar-refractivity contribution in [2.45, 2.75) is 6.92 Å². The van der Waals surface area contributed by atoms with Crippen LogP contribution in [0.25, 0.3) is 0 Å². The largest absolute Gasteiger partial charge is 0.395 e. The molecule has 3 nitrogen and oxygen atoms in total. The number of likely N-dealkylation sites (tertiary alicyclic amines) is 1. The highest BCUT2D eigenvalue weighted by atomic mass is 16.3. The lowest BCUT2D eigenvalue weighted by Crippen LogP contribution is -2.51. The Morgan fingerprint density at radius 3 is 2.89 bits per heavy atom. The van der Waals surface area contributed by atoms with Crippen molar-refractivity contribution in [1.29, 1.82) is 0 Å². The molecule has 0 aromatic carbocycles. The number of hydrogen-bond acceptors (Lipinski definition) is 2. The van der Waals surface area contributed by atoms with Crippen LogP contribution in [0, 0.1) is 5.92 Å². The first-order valence-corrected chi connectivity index (χ1v) is 3.15. The Hall–Kier alpha value is -0.570. The van der Waals surface area contributed by atoms with Crippen LogP contribution >= 0.6 is 0 Å². The number of rotatable bonds is 2. The van der Waals surface area contributed by atoms with Crippen molar-refractivity contribution >= 4 is 5.91 Å². The number of carbonyl (C=O) groups is 1. The summed E-state index contributed by atoms with van der Waals surface area (Å²) in [6.07, 6.45) is 0. The average Bonchev–Trinajstić information content (AvgIpc) is 1.88. The predicted molar refractivity (Wildman–Crippen MR) is 32.8 cm³/mol. The van der Waals surface area contributed by atoms with Crippen molar-refractivity contribution in [2.75, 3.05) is 19.7 Å². The molecule has 0 saturated carbocycles. The van der Waals surface area contributed by atoms with Crippen LogP contribution in [-0.2, 0) is 4.79 Å². The molecule has 0 aromatic rings. The number of nitrogens with zero attached hydrogens (tertiary/aromatic N) is 1. The summed E-state index contributed by atoms with van der Waals surface area (Å²) < 4.78 is 0. The maximum Gasteiger partial charge on any atom is 0.227 e. The summed E-state index contributed by atoms with van der Waals surface area (Å²) in [5.41, 5.74) is 0. The molecular formula is C6H11NO2.